The molecule has 0 saturated heterocycles. The molecule has 1 aromatic heterocycles. The lowest BCUT2D eigenvalue weighted by Crippen LogP contribution is -2.08. The van der Waals surface area contributed by atoms with E-state index in [9.17, 15) is 0 Å². The maximum absolute atomic E-state index is 5.60. The van der Waals surface area contributed by atoms with E-state index in [0.29, 0.717) is 12.5 Å². The van der Waals surface area contributed by atoms with Gasteiger partial charge in [0.2, 0.25) is 0 Å². The normalized spacial score (nSPS) is 17.9. The predicted molar refractivity (Wildman–Crippen MR) is 69.5 cm³/mol. The quantitative estimate of drug-likeness (QED) is 0.928. The molecule has 1 aromatic rings. The van der Waals surface area contributed by atoms with Crippen molar-refractivity contribution in [2.45, 2.75) is 44.4 Å². The lowest BCUT2D eigenvalue weighted by atomic mass is 9.87. The van der Waals surface area contributed by atoms with Crippen LogP contribution in [-0.4, -0.2) is 16.1 Å². The van der Waals surface area contributed by atoms with Crippen molar-refractivity contribution in [2.24, 2.45) is 12.8 Å². The Kier molecular flexibility index (Phi) is 4.03. The Bertz CT molecular complexity index is 353. The topological polar surface area (TPSA) is 43.8 Å². The molecule has 1 aliphatic carbocycles. The van der Waals surface area contributed by atoms with Crippen molar-refractivity contribution in [2.75, 3.05) is 6.54 Å². The zero-order valence-electron chi connectivity index (χ0n) is 9.88. The van der Waals surface area contributed by atoms with E-state index >= 15 is 0 Å². The highest BCUT2D eigenvalue weighted by Gasteiger charge is 2.22. The van der Waals surface area contributed by atoms with Gasteiger partial charge in [0.15, 0.2) is 0 Å². The Morgan fingerprint density at radius 1 is 1.38 bits per heavy atom. The van der Waals surface area contributed by atoms with Gasteiger partial charge in [-0.2, -0.15) is 0 Å². The number of hydrogen-bond donors (Lipinski definition) is 1. The minimum atomic E-state index is 0.654. The molecule has 0 aliphatic heterocycles. The molecule has 4 heteroatoms. The summed E-state index contributed by atoms with van der Waals surface area (Å²) in [5.74, 6) is 1.76. The van der Waals surface area contributed by atoms with Gasteiger partial charge in [-0.1, -0.05) is 19.3 Å². The molecule has 2 rings (SSSR count). The Morgan fingerprint density at radius 2 is 2.06 bits per heavy atom. The van der Waals surface area contributed by atoms with Crippen molar-refractivity contribution in [1.29, 1.82) is 0 Å². The second-order valence-corrected chi connectivity index (χ2v) is 5.39. The number of nitrogens with two attached hydrogens (primary N) is 1. The van der Waals surface area contributed by atoms with Crippen LogP contribution in [0.1, 0.15) is 49.5 Å². The van der Waals surface area contributed by atoms with Crippen molar-refractivity contribution in [1.82, 2.24) is 9.55 Å². The van der Waals surface area contributed by atoms with Crippen LogP contribution in [-0.2, 0) is 13.5 Å². The van der Waals surface area contributed by atoms with Gasteiger partial charge in [0, 0.05) is 19.4 Å². The third kappa shape index (κ3) is 2.33. The van der Waals surface area contributed by atoms with Crippen LogP contribution in [0.2, 0.25) is 0 Å². The van der Waals surface area contributed by atoms with Gasteiger partial charge in [-0.15, -0.1) is 0 Å². The molecule has 0 spiro atoms. The molecule has 0 unspecified atom stereocenters. The Hall–Kier alpha value is -0.350. The van der Waals surface area contributed by atoms with Crippen LogP contribution in [0.25, 0.3) is 0 Å². The van der Waals surface area contributed by atoms with Crippen LogP contribution in [0.5, 0.6) is 0 Å². The molecule has 16 heavy (non-hydrogen) atoms. The van der Waals surface area contributed by atoms with Crippen molar-refractivity contribution in [3.63, 3.8) is 0 Å². The molecule has 1 aliphatic rings. The fraction of sp³-hybridized carbons (Fsp3) is 0.750. The van der Waals surface area contributed by atoms with E-state index in [1.54, 1.807) is 0 Å². The highest BCUT2D eigenvalue weighted by Crippen LogP contribution is 2.35. The van der Waals surface area contributed by atoms with Crippen molar-refractivity contribution in [3.05, 3.63) is 16.1 Å². The van der Waals surface area contributed by atoms with Gasteiger partial charge >= 0.3 is 0 Å². The largest absolute Gasteiger partial charge is 0.330 e. The summed E-state index contributed by atoms with van der Waals surface area (Å²) in [7, 11) is 2.06. The zero-order chi connectivity index (χ0) is 11.5. The first-order valence-electron chi connectivity index (χ1n) is 6.15. The maximum atomic E-state index is 5.60. The summed E-state index contributed by atoms with van der Waals surface area (Å²) < 4.78 is 3.29. The summed E-state index contributed by atoms with van der Waals surface area (Å²) in [6, 6.07) is 0. The number of imidazole rings is 1. The van der Waals surface area contributed by atoms with Crippen molar-refractivity contribution < 1.29 is 0 Å². The number of halogens is 1. The summed E-state index contributed by atoms with van der Waals surface area (Å²) in [6.45, 7) is 0.668. The maximum Gasteiger partial charge on any atom is 0.110 e. The standard InChI is InChI=1S/C12H20BrN3/c1-16-10(7-8-14)15-11(12(16)13)9-5-3-2-4-6-9/h9H,2-8,14H2,1H3. The Morgan fingerprint density at radius 3 is 2.69 bits per heavy atom. The molecule has 0 radical (unpaired) electrons. The first-order chi connectivity index (χ1) is 7.74. The highest BCUT2D eigenvalue weighted by atomic mass is 79.9. The molecule has 0 atom stereocenters. The fourth-order valence-electron chi connectivity index (χ4n) is 2.53. The van der Waals surface area contributed by atoms with Gasteiger partial charge in [0.1, 0.15) is 10.4 Å². The molecule has 0 amide bonds. The average molecular weight is 286 g/mol. The molecule has 1 saturated carbocycles. The first-order valence-corrected chi connectivity index (χ1v) is 6.94. The van der Waals surface area contributed by atoms with E-state index in [4.69, 9.17) is 10.7 Å². The summed E-state index contributed by atoms with van der Waals surface area (Å²) >= 11 is 3.67. The van der Waals surface area contributed by atoms with Gasteiger partial charge in [-0.05, 0) is 35.3 Å². The van der Waals surface area contributed by atoms with E-state index in [2.05, 4.69) is 27.5 Å². The van der Waals surface area contributed by atoms with E-state index < -0.39 is 0 Å². The SMILES string of the molecule is Cn1c(CCN)nc(C2CCCCC2)c1Br. The van der Waals surface area contributed by atoms with Gasteiger partial charge in [-0.25, -0.2) is 4.98 Å². The molecule has 1 heterocycles. The van der Waals surface area contributed by atoms with Gasteiger partial charge in [0.25, 0.3) is 0 Å². The van der Waals surface area contributed by atoms with Crippen LogP contribution in [0.4, 0.5) is 0 Å². The molecule has 1 fully saturated rings. The molecule has 0 bridgehead atoms. The lowest BCUT2D eigenvalue weighted by molar-refractivity contribution is 0.436. The Labute approximate surface area is 106 Å². The zero-order valence-corrected chi connectivity index (χ0v) is 11.5. The van der Waals surface area contributed by atoms with Crippen LogP contribution in [0.15, 0.2) is 4.60 Å². The van der Waals surface area contributed by atoms with Crippen LogP contribution >= 0.6 is 15.9 Å². The number of hydrogen-bond acceptors (Lipinski definition) is 2. The average Bonchev–Trinajstić information content (AvgIpc) is 2.59. The van der Waals surface area contributed by atoms with Crippen LogP contribution in [0.3, 0.4) is 0 Å². The lowest BCUT2D eigenvalue weighted by Gasteiger charge is -2.20. The van der Waals surface area contributed by atoms with E-state index in [1.165, 1.54) is 37.8 Å². The predicted octanol–water partition coefficient (Wildman–Crippen LogP) is 2.73. The number of rotatable bonds is 3. The van der Waals surface area contributed by atoms with E-state index in [0.717, 1.165) is 16.8 Å². The van der Waals surface area contributed by atoms with Crippen molar-refractivity contribution in [3.8, 4) is 0 Å². The van der Waals surface area contributed by atoms with E-state index in [-0.39, 0.29) is 0 Å². The monoisotopic (exact) mass is 285 g/mol. The van der Waals surface area contributed by atoms with Gasteiger partial charge < -0.3 is 10.3 Å². The minimum absolute atomic E-state index is 0.654. The summed E-state index contributed by atoms with van der Waals surface area (Å²) in [4.78, 5) is 4.76. The smallest absolute Gasteiger partial charge is 0.110 e. The van der Waals surface area contributed by atoms with Crippen LogP contribution < -0.4 is 5.73 Å². The molecule has 0 aromatic carbocycles. The molecular formula is C12H20BrN3. The Balaban J connectivity index is 2.22. The highest BCUT2D eigenvalue weighted by molar-refractivity contribution is 9.10. The molecular weight excluding hydrogens is 266 g/mol. The molecule has 3 nitrogen and oxygen atoms in total. The second-order valence-electron chi connectivity index (χ2n) is 4.64. The number of nitrogens with zero attached hydrogens (tertiary/aromatic N) is 2. The van der Waals surface area contributed by atoms with Crippen molar-refractivity contribution >= 4 is 15.9 Å². The molecule has 2 N–H and O–H groups in total. The van der Waals surface area contributed by atoms with Crippen LogP contribution in [0, 0.1) is 0 Å². The first kappa shape index (κ1) is 12.1. The summed E-state index contributed by atoms with van der Waals surface area (Å²) in [5, 5.41) is 0. The third-order valence-corrected chi connectivity index (χ3v) is 4.44. The van der Waals surface area contributed by atoms with E-state index in [1.807, 2.05) is 0 Å². The third-order valence-electron chi connectivity index (χ3n) is 3.50. The summed E-state index contributed by atoms with van der Waals surface area (Å²) in [6.07, 6.45) is 7.52. The van der Waals surface area contributed by atoms with Gasteiger partial charge in [0.05, 0.1) is 5.69 Å². The summed E-state index contributed by atoms with van der Waals surface area (Å²) in [5.41, 5.74) is 6.85. The molecule has 90 valence electrons. The minimum Gasteiger partial charge on any atom is -0.330 e. The number of aromatic nitrogens is 2. The van der Waals surface area contributed by atoms with Gasteiger partial charge in [-0.3, -0.25) is 0 Å². The second kappa shape index (κ2) is 5.32. The fourth-order valence-corrected chi connectivity index (χ4v) is 3.15.